The highest BCUT2D eigenvalue weighted by molar-refractivity contribution is 7.92. The summed E-state index contributed by atoms with van der Waals surface area (Å²) < 4.78 is 65.3. The number of sulfonamides is 1. The molecule has 1 saturated heterocycles. The van der Waals surface area contributed by atoms with Crippen molar-refractivity contribution in [1.29, 1.82) is 0 Å². The quantitative estimate of drug-likeness (QED) is 0.350. The van der Waals surface area contributed by atoms with E-state index in [0.29, 0.717) is 17.1 Å². The number of halogens is 3. The van der Waals surface area contributed by atoms with Crippen molar-refractivity contribution in [1.82, 2.24) is 15.6 Å². The molecule has 0 radical (unpaired) electrons. The van der Waals surface area contributed by atoms with Gasteiger partial charge in [0.1, 0.15) is 11.6 Å². The largest absolute Gasteiger partial charge is 0.497 e. The van der Waals surface area contributed by atoms with Crippen molar-refractivity contribution in [2.75, 3.05) is 42.9 Å². The highest BCUT2D eigenvalue weighted by Gasteiger charge is 2.38. The highest BCUT2D eigenvalue weighted by Crippen LogP contribution is 2.26. The maximum absolute atomic E-state index is 13.4. The molecule has 4 N–H and O–H groups in total. The molecule has 0 spiro atoms. The number of nitrogens with zero attached hydrogens (tertiary/aromatic N) is 2. The lowest BCUT2D eigenvalue weighted by atomic mass is 10.1. The van der Waals surface area contributed by atoms with Crippen LogP contribution >= 0.6 is 0 Å². The summed E-state index contributed by atoms with van der Waals surface area (Å²) >= 11 is 0. The van der Waals surface area contributed by atoms with Gasteiger partial charge in [-0.25, -0.2) is 18.2 Å². The molecule has 1 amide bonds. The molecule has 1 aliphatic carbocycles. The number of hydrogen-bond donors (Lipinski definition) is 4. The molecule has 0 unspecified atom stereocenters. The Balaban J connectivity index is 0.000000587. The summed E-state index contributed by atoms with van der Waals surface area (Å²) in [5.41, 5.74) is 0.641. The molecule has 1 aromatic carbocycles. The van der Waals surface area contributed by atoms with Crippen LogP contribution in [-0.4, -0.2) is 75.9 Å². The summed E-state index contributed by atoms with van der Waals surface area (Å²) in [6, 6.07) is 7.85. The summed E-state index contributed by atoms with van der Waals surface area (Å²) in [5.74, 6) is -1.82. The number of nitrogens with one attached hydrogen (secondary N) is 3. The maximum atomic E-state index is 13.4. The van der Waals surface area contributed by atoms with Crippen LogP contribution in [0.3, 0.4) is 0 Å². The first kappa shape index (κ1) is 31.9. The highest BCUT2D eigenvalue weighted by atomic mass is 32.2. The normalized spacial score (nSPS) is 16.5. The number of anilines is 2. The van der Waals surface area contributed by atoms with Crippen molar-refractivity contribution in [3.05, 3.63) is 42.1 Å². The molecule has 2 fully saturated rings. The molecule has 1 saturated carbocycles. The van der Waals surface area contributed by atoms with Crippen molar-refractivity contribution in [3.8, 4) is 5.75 Å². The number of alkyl halides is 3. The third-order valence-corrected chi connectivity index (χ3v) is 7.98. The number of methoxy groups -OCH3 is 1. The van der Waals surface area contributed by atoms with Gasteiger partial charge in [-0.3, -0.25) is 9.52 Å². The van der Waals surface area contributed by atoms with Crippen molar-refractivity contribution in [3.63, 3.8) is 0 Å². The fraction of sp³-hybridized carbons (Fsp3) is 0.500. The number of hydrogen-bond acceptors (Lipinski definition) is 8. The van der Waals surface area contributed by atoms with Gasteiger partial charge >= 0.3 is 12.1 Å². The van der Waals surface area contributed by atoms with Crippen LogP contribution in [0, 0.1) is 0 Å². The zero-order chi connectivity index (χ0) is 30.0. The first-order chi connectivity index (χ1) is 19.4. The summed E-state index contributed by atoms with van der Waals surface area (Å²) in [6.45, 7) is 3.07. The van der Waals surface area contributed by atoms with E-state index in [-0.39, 0.29) is 22.5 Å². The maximum Gasteiger partial charge on any atom is 0.490 e. The van der Waals surface area contributed by atoms with Gasteiger partial charge < -0.3 is 25.4 Å². The molecule has 226 valence electrons. The minimum atomic E-state index is -5.08. The van der Waals surface area contributed by atoms with Crippen LogP contribution in [0.4, 0.5) is 24.7 Å². The van der Waals surface area contributed by atoms with Crippen LogP contribution in [0.1, 0.15) is 48.9 Å². The Bertz CT molecular complexity index is 1280. The van der Waals surface area contributed by atoms with Crippen LogP contribution in [0.15, 0.2) is 41.4 Å². The van der Waals surface area contributed by atoms with E-state index < -0.39 is 22.2 Å². The van der Waals surface area contributed by atoms with Gasteiger partial charge in [-0.1, -0.05) is 25.7 Å². The third kappa shape index (κ3) is 9.49. The number of carbonyl (C=O) groups is 2. The minimum Gasteiger partial charge on any atom is -0.497 e. The van der Waals surface area contributed by atoms with Gasteiger partial charge in [-0.15, -0.1) is 0 Å². The zero-order valence-electron chi connectivity index (χ0n) is 22.5. The van der Waals surface area contributed by atoms with Crippen molar-refractivity contribution in [2.24, 2.45) is 0 Å². The Kier molecular flexibility index (Phi) is 11.2. The molecule has 1 aromatic heterocycles. The first-order valence-electron chi connectivity index (χ1n) is 13.1. The van der Waals surface area contributed by atoms with E-state index in [1.54, 1.807) is 18.2 Å². The number of piperazine rings is 1. The molecule has 1 aliphatic heterocycles. The van der Waals surface area contributed by atoms with Crippen LogP contribution in [0.25, 0.3) is 0 Å². The van der Waals surface area contributed by atoms with Gasteiger partial charge in [0.05, 0.1) is 29.5 Å². The topological polar surface area (TPSA) is 150 Å². The van der Waals surface area contributed by atoms with Gasteiger partial charge in [0.2, 0.25) is 0 Å². The third-order valence-electron chi connectivity index (χ3n) is 6.58. The van der Waals surface area contributed by atoms with Crippen molar-refractivity contribution >= 4 is 33.4 Å². The number of amides is 1. The Hall–Kier alpha value is -3.59. The summed E-state index contributed by atoms with van der Waals surface area (Å²) in [4.78, 5) is 29.0. The van der Waals surface area contributed by atoms with E-state index >= 15 is 0 Å². The Morgan fingerprint density at radius 2 is 1.66 bits per heavy atom. The number of rotatable bonds is 7. The summed E-state index contributed by atoms with van der Waals surface area (Å²) in [5, 5.41) is 13.6. The molecule has 11 nitrogen and oxygen atoms in total. The monoisotopic (exact) mass is 601 g/mol. The average molecular weight is 602 g/mol. The fourth-order valence-corrected chi connectivity index (χ4v) is 5.50. The van der Waals surface area contributed by atoms with Crippen LogP contribution in [0.5, 0.6) is 5.75 Å². The molecule has 2 aromatic rings. The fourth-order valence-electron chi connectivity index (χ4n) is 4.46. The number of pyridine rings is 1. The number of ether oxygens (including phenoxy) is 1. The Morgan fingerprint density at radius 3 is 2.20 bits per heavy atom. The van der Waals surface area contributed by atoms with E-state index in [2.05, 4.69) is 25.2 Å². The molecule has 4 rings (SSSR count). The van der Waals surface area contributed by atoms with Crippen LogP contribution in [0.2, 0.25) is 0 Å². The number of carbonyl (C=O) groups excluding carboxylic acids is 1. The average Bonchev–Trinajstić information content (AvgIpc) is 3.22. The molecule has 2 heterocycles. The lowest BCUT2D eigenvalue weighted by Gasteiger charge is -2.30. The number of aliphatic carboxylic acids is 1. The molecule has 0 bridgehead atoms. The van der Waals surface area contributed by atoms with E-state index in [1.165, 1.54) is 38.3 Å². The second kappa shape index (κ2) is 14.3. The van der Waals surface area contributed by atoms with Crippen molar-refractivity contribution in [2.45, 2.75) is 55.6 Å². The lowest BCUT2D eigenvalue weighted by molar-refractivity contribution is -0.192. The zero-order valence-corrected chi connectivity index (χ0v) is 23.4. The summed E-state index contributed by atoms with van der Waals surface area (Å²) in [7, 11) is -2.33. The molecule has 41 heavy (non-hydrogen) atoms. The molecule has 0 atom stereocenters. The van der Waals surface area contributed by atoms with E-state index in [9.17, 15) is 26.4 Å². The number of carboxylic acids is 1. The smallest absolute Gasteiger partial charge is 0.490 e. The Labute approximate surface area is 236 Å². The molecular formula is C26H34F3N5O6S. The molecular weight excluding hydrogens is 567 g/mol. The van der Waals surface area contributed by atoms with Gasteiger partial charge in [0, 0.05) is 32.2 Å². The number of carboxylic acid groups (broad SMARTS) is 1. The van der Waals surface area contributed by atoms with Gasteiger partial charge in [-0.05, 0) is 43.2 Å². The first-order valence-corrected chi connectivity index (χ1v) is 14.6. The minimum absolute atomic E-state index is 0.101. The van der Waals surface area contributed by atoms with E-state index in [4.69, 9.17) is 14.6 Å². The standard InChI is InChI=1S/C24H33N5O4S.C2HF3O2/c1-33-20-8-10-21(11-9-20)34(31,32)28-19-16-22(23(26-17-19)29-14-12-25-13-15-29)24(30)27-18-6-4-2-3-5-7-18;3-2(4,5)1(6)7/h8-11,16-18,25,28H,2-7,12-15H2,1H3,(H,27,30);(H,6,7). The second-order valence-corrected chi connectivity index (χ2v) is 11.3. The van der Waals surface area contributed by atoms with Gasteiger partial charge in [-0.2, -0.15) is 13.2 Å². The Morgan fingerprint density at radius 1 is 1.07 bits per heavy atom. The predicted octanol–water partition coefficient (Wildman–Crippen LogP) is 3.39. The number of aromatic nitrogens is 1. The number of benzene rings is 1. The summed E-state index contributed by atoms with van der Waals surface area (Å²) in [6.07, 6.45) is 2.93. The second-order valence-electron chi connectivity index (χ2n) is 9.58. The van der Waals surface area contributed by atoms with E-state index in [1.807, 2.05) is 0 Å². The van der Waals surface area contributed by atoms with Crippen LogP contribution < -0.4 is 25.0 Å². The van der Waals surface area contributed by atoms with Gasteiger partial charge in [0.25, 0.3) is 15.9 Å². The van der Waals surface area contributed by atoms with Crippen LogP contribution in [-0.2, 0) is 14.8 Å². The SMILES string of the molecule is COc1ccc(S(=O)(=O)Nc2cnc(N3CCNCC3)c(C(=O)NC3CCCCCC3)c2)cc1.O=C(O)C(F)(F)F. The van der Waals surface area contributed by atoms with Crippen molar-refractivity contribution < 1.29 is 41.0 Å². The van der Waals surface area contributed by atoms with E-state index in [0.717, 1.165) is 51.9 Å². The lowest BCUT2D eigenvalue weighted by Crippen LogP contribution is -2.45. The molecule has 15 heteroatoms. The van der Waals surface area contributed by atoms with Gasteiger partial charge in [0.15, 0.2) is 0 Å². The molecule has 2 aliphatic rings. The predicted molar refractivity (Wildman–Crippen MR) is 146 cm³/mol.